The van der Waals surface area contributed by atoms with Crippen molar-refractivity contribution >= 4 is 23.0 Å². The molecule has 0 aliphatic heterocycles. The van der Waals surface area contributed by atoms with E-state index in [-0.39, 0.29) is 10.7 Å². The van der Waals surface area contributed by atoms with Crippen molar-refractivity contribution in [3.05, 3.63) is 33.3 Å². The zero-order valence-corrected chi connectivity index (χ0v) is 10.1. The normalized spacial score (nSPS) is 10.5. The van der Waals surface area contributed by atoms with Gasteiger partial charge in [-0.15, -0.1) is 0 Å². The average molecular weight is 243 g/mol. The smallest absolute Gasteiger partial charge is 0.310 e. The van der Waals surface area contributed by atoms with Gasteiger partial charge in [-0.25, -0.2) is 0 Å². The molecule has 1 aromatic carbocycles. The molecule has 0 aliphatic carbocycles. The summed E-state index contributed by atoms with van der Waals surface area (Å²) in [5, 5.41) is 14.0. The maximum Gasteiger partial charge on any atom is 0.310 e. The van der Waals surface area contributed by atoms with Crippen LogP contribution >= 0.6 is 11.6 Å². The number of nitrogens with one attached hydrogen (secondary N) is 1. The van der Waals surface area contributed by atoms with Gasteiger partial charge in [0.05, 0.1) is 4.92 Å². The quantitative estimate of drug-likeness (QED) is 0.633. The lowest BCUT2D eigenvalue weighted by Gasteiger charge is -2.09. The predicted molar refractivity (Wildman–Crippen MR) is 66.1 cm³/mol. The van der Waals surface area contributed by atoms with Gasteiger partial charge >= 0.3 is 5.69 Å². The Bertz CT molecular complexity index is 380. The van der Waals surface area contributed by atoms with Crippen LogP contribution in [-0.2, 0) is 0 Å². The zero-order valence-electron chi connectivity index (χ0n) is 9.37. The van der Waals surface area contributed by atoms with E-state index >= 15 is 0 Å². The van der Waals surface area contributed by atoms with Crippen LogP contribution in [0.25, 0.3) is 0 Å². The molecular weight excluding hydrogens is 228 g/mol. The van der Waals surface area contributed by atoms with Crippen molar-refractivity contribution in [2.75, 3.05) is 11.9 Å². The molecule has 1 rings (SSSR count). The number of rotatable bonds is 5. The molecule has 0 fully saturated rings. The van der Waals surface area contributed by atoms with Gasteiger partial charge in [0.1, 0.15) is 10.7 Å². The van der Waals surface area contributed by atoms with E-state index < -0.39 is 4.92 Å². The van der Waals surface area contributed by atoms with Gasteiger partial charge in [-0.2, -0.15) is 0 Å². The topological polar surface area (TPSA) is 55.2 Å². The second-order valence-electron chi connectivity index (χ2n) is 4.00. The molecule has 0 saturated heterocycles. The highest BCUT2D eigenvalue weighted by atomic mass is 35.5. The molecule has 0 spiro atoms. The summed E-state index contributed by atoms with van der Waals surface area (Å²) >= 11 is 5.78. The standard InChI is InChI=1S/C11H15ClN2O2/c1-8(2)6-7-13-10-5-3-4-9(12)11(10)14(15)16/h3-5,8,13H,6-7H2,1-2H3. The van der Waals surface area contributed by atoms with Gasteiger partial charge in [-0.05, 0) is 24.5 Å². The van der Waals surface area contributed by atoms with E-state index in [2.05, 4.69) is 19.2 Å². The fourth-order valence-electron chi connectivity index (χ4n) is 1.34. The second-order valence-corrected chi connectivity index (χ2v) is 4.41. The Labute approximate surface area is 99.8 Å². The first-order chi connectivity index (χ1) is 7.52. The van der Waals surface area contributed by atoms with E-state index in [1.807, 2.05) is 0 Å². The lowest BCUT2D eigenvalue weighted by atomic mass is 10.1. The molecular formula is C11H15ClN2O2. The Balaban J connectivity index is 2.79. The van der Waals surface area contributed by atoms with Gasteiger partial charge in [-0.3, -0.25) is 10.1 Å². The van der Waals surface area contributed by atoms with Gasteiger partial charge in [0.2, 0.25) is 0 Å². The lowest BCUT2D eigenvalue weighted by Crippen LogP contribution is -2.06. The van der Waals surface area contributed by atoms with Gasteiger partial charge in [0.15, 0.2) is 0 Å². The Kier molecular flexibility index (Phi) is 4.55. The van der Waals surface area contributed by atoms with Crippen molar-refractivity contribution in [1.29, 1.82) is 0 Å². The Morgan fingerprint density at radius 1 is 1.50 bits per heavy atom. The predicted octanol–water partition coefficient (Wildman–Crippen LogP) is 3.71. The fourth-order valence-corrected chi connectivity index (χ4v) is 1.58. The number of nitro benzene ring substituents is 1. The number of benzene rings is 1. The maximum absolute atomic E-state index is 10.8. The van der Waals surface area contributed by atoms with Gasteiger partial charge < -0.3 is 5.32 Å². The summed E-state index contributed by atoms with van der Waals surface area (Å²) in [4.78, 5) is 10.4. The van der Waals surface area contributed by atoms with Crippen molar-refractivity contribution in [1.82, 2.24) is 0 Å². The molecule has 0 radical (unpaired) electrons. The molecule has 0 heterocycles. The molecule has 4 nitrogen and oxygen atoms in total. The molecule has 0 atom stereocenters. The fraction of sp³-hybridized carbons (Fsp3) is 0.455. The molecule has 0 unspecified atom stereocenters. The maximum atomic E-state index is 10.8. The van der Waals surface area contributed by atoms with Crippen LogP contribution in [0.4, 0.5) is 11.4 Å². The number of nitro groups is 1. The number of nitrogens with zero attached hydrogens (tertiary/aromatic N) is 1. The van der Waals surface area contributed by atoms with Crippen LogP contribution in [0.1, 0.15) is 20.3 Å². The van der Waals surface area contributed by atoms with E-state index in [1.165, 1.54) is 6.07 Å². The molecule has 88 valence electrons. The summed E-state index contributed by atoms with van der Waals surface area (Å²) in [7, 11) is 0. The molecule has 0 saturated carbocycles. The first kappa shape index (κ1) is 12.8. The van der Waals surface area contributed by atoms with Crippen molar-refractivity contribution in [3.8, 4) is 0 Å². The molecule has 0 bridgehead atoms. The second kappa shape index (κ2) is 5.70. The summed E-state index contributed by atoms with van der Waals surface area (Å²) in [5.74, 6) is 0.561. The van der Waals surface area contributed by atoms with E-state index in [0.29, 0.717) is 18.2 Å². The third-order valence-corrected chi connectivity index (χ3v) is 2.51. The van der Waals surface area contributed by atoms with Crippen molar-refractivity contribution in [2.45, 2.75) is 20.3 Å². The molecule has 0 amide bonds. The van der Waals surface area contributed by atoms with Crippen LogP contribution in [0.3, 0.4) is 0 Å². The molecule has 1 aromatic rings. The minimum atomic E-state index is -0.458. The first-order valence-corrected chi connectivity index (χ1v) is 5.57. The monoisotopic (exact) mass is 242 g/mol. The highest BCUT2D eigenvalue weighted by Crippen LogP contribution is 2.32. The van der Waals surface area contributed by atoms with Crippen LogP contribution in [0.5, 0.6) is 0 Å². The average Bonchev–Trinajstić information content (AvgIpc) is 2.16. The highest BCUT2D eigenvalue weighted by molar-refractivity contribution is 6.33. The third-order valence-electron chi connectivity index (χ3n) is 2.21. The minimum Gasteiger partial charge on any atom is -0.379 e. The van der Waals surface area contributed by atoms with Gasteiger partial charge in [0, 0.05) is 6.54 Å². The SMILES string of the molecule is CC(C)CCNc1cccc(Cl)c1[N+](=O)[O-]. The van der Waals surface area contributed by atoms with E-state index in [0.717, 1.165) is 6.42 Å². The number of hydrogen-bond acceptors (Lipinski definition) is 3. The molecule has 0 aliphatic rings. The Morgan fingerprint density at radius 3 is 2.75 bits per heavy atom. The van der Waals surface area contributed by atoms with Crippen molar-refractivity contribution < 1.29 is 4.92 Å². The van der Waals surface area contributed by atoms with E-state index in [1.54, 1.807) is 12.1 Å². The molecule has 16 heavy (non-hydrogen) atoms. The molecule has 1 N–H and O–H groups in total. The number of halogens is 1. The highest BCUT2D eigenvalue weighted by Gasteiger charge is 2.17. The summed E-state index contributed by atoms with van der Waals surface area (Å²) in [5.41, 5.74) is 0.436. The summed E-state index contributed by atoms with van der Waals surface area (Å²) in [6, 6.07) is 4.89. The number of hydrogen-bond donors (Lipinski definition) is 1. The van der Waals surface area contributed by atoms with Crippen molar-refractivity contribution in [3.63, 3.8) is 0 Å². The minimum absolute atomic E-state index is 0.0482. The van der Waals surface area contributed by atoms with Gasteiger partial charge in [-0.1, -0.05) is 31.5 Å². The Hall–Kier alpha value is -1.29. The number of anilines is 1. The van der Waals surface area contributed by atoms with Crippen LogP contribution in [-0.4, -0.2) is 11.5 Å². The first-order valence-electron chi connectivity index (χ1n) is 5.19. The van der Waals surface area contributed by atoms with E-state index in [9.17, 15) is 10.1 Å². The third kappa shape index (κ3) is 3.38. The van der Waals surface area contributed by atoms with E-state index in [4.69, 9.17) is 11.6 Å². The number of para-hydroxylation sites is 1. The lowest BCUT2D eigenvalue weighted by molar-refractivity contribution is -0.383. The summed E-state index contributed by atoms with van der Waals surface area (Å²) < 4.78 is 0. The van der Waals surface area contributed by atoms with Crippen LogP contribution in [0.2, 0.25) is 5.02 Å². The van der Waals surface area contributed by atoms with Gasteiger partial charge in [0.25, 0.3) is 0 Å². The zero-order chi connectivity index (χ0) is 12.1. The largest absolute Gasteiger partial charge is 0.379 e. The summed E-state index contributed by atoms with van der Waals surface area (Å²) in [6.07, 6.45) is 0.962. The van der Waals surface area contributed by atoms with Crippen LogP contribution < -0.4 is 5.32 Å². The Morgan fingerprint density at radius 2 is 2.19 bits per heavy atom. The molecule has 0 aromatic heterocycles. The van der Waals surface area contributed by atoms with Crippen LogP contribution in [0.15, 0.2) is 18.2 Å². The van der Waals surface area contributed by atoms with Crippen molar-refractivity contribution in [2.24, 2.45) is 5.92 Å². The summed E-state index contributed by atoms with van der Waals surface area (Å²) in [6.45, 7) is 4.92. The molecule has 5 heteroatoms. The van der Waals surface area contributed by atoms with Crippen LogP contribution in [0, 0.1) is 16.0 Å².